The molecule has 0 aliphatic rings. The lowest BCUT2D eigenvalue weighted by atomic mass is 10.1. The van der Waals surface area contributed by atoms with Gasteiger partial charge in [0.25, 0.3) is 0 Å². The molecule has 0 saturated carbocycles. The predicted molar refractivity (Wildman–Crippen MR) is 80.7 cm³/mol. The number of nitrogens with one attached hydrogen (secondary N) is 1. The molecule has 0 bridgehead atoms. The average Bonchev–Trinajstić information content (AvgIpc) is 3.11. The monoisotopic (exact) mass is 282 g/mol. The molecule has 0 aliphatic carbocycles. The summed E-state index contributed by atoms with van der Waals surface area (Å²) in [5, 5.41) is 8.70. The summed E-state index contributed by atoms with van der Waals surface area (Å²) in [7, 11) is 1.92. The summed E-state index contributed by atoms with van der Waals surface area (Å²) < 4.78 is 3.72. The fourth-order valence-corrected chi connectivity index (χ4v) is 2.45. The lowest BCUT2D eigenvalue weighted by Crippen LogP contribution is -2.30. The molecule has 6 heteroatoms. The maximum Gasteiger partial charge on any atom is 0.0915 e. The highest BCUT2D eigenvalue weighted by atomic mass is 15.3. The van der Waals surface area contributed by atoms with Gasteiger partial charge < -0.3 is 0 Å². The van der Waals surface area contributed by atoms with Gasteiger partial charge in [0, 0.05) is 24.5 Å². The highest BCUT2D eigenvalue weighted by molar-refractivity contribution is 5.36. The van der Waals surface area contributed by atoms with Crippen LogP contribution in [0.2, 0.25) is 0 Å². The lowest BCUT2D eigenvalue weighted by Gasteiger charge is -2.17. The van der Waals surface area contributed by atoms with Crippen molar-refractivity contribution < 1.29 is 0 Å². The molecule has 2 heterocycles. The molecule has 6 nitrogen and oxygen atoms in total. The number of hydrogen-bond donors (Lipinski definition) is 2. The normalized spacial score (nSPS) is 12.5. The van der Waals surface area contributed by atoms with E-state index in [0.717, 1.165) is 22.6 Å². The molecular formula is C15H18N6. The van der Waals surface area contributed by atoms with E-state index in [2.05, 4.69) is 15.6 Å². The maximum atomic E-state index is 5.79. The van der Waals surface area contributed by atoms with Gasteiger partial charge in [-0.15, -0.1) is 0 Å². The van der Waals surface area contributed by atoms with Crippen molar-refractivity contribution in [2.45, 2.75) is 13.0 Å². The minimum atomic E-state index is -0.165. The molecule has 0 radical (unpaired) electrons. The number of hydrazine groups is 1. The van der Waals surface area contributed by atoms with Crippen LogP contribution in [-0.4, -0.2) is 19.6 Å². The predicted octanol–water partition coefficient (Wildman–Crippen LogP) is 1.47. The molecule has 0 fully saturated rings. The topological polar surface area (TPSA) is 73.7 Å². The van der Waals surface area contributed by atoms with Gasteiger partial charge in [-0.3, -0.25) is 10.5 Å². The number of benzene rings is 1. The fourth-order valence-electron chi connectivity index (χ4n) is 2.45. The van der Waals surface area contributed by atoms with Gasteiger partial charge in [0.2, 0.25) is 0 Å². The van der Waals surface area contributed by atoms with Crippen LogP contribution in [0.5, 0.6) is 0 Å². The molecule has 0 amide bonds. The number of nitrogens with zero attached hydrogens (tertiary/aromatic N) is 4. The largest absolute Gasteiger partial charge is 0.273 e. The first kappa shape index (κ1) is 13.5. The third-order valence-electron chi connectivity index (χ3n) is 3.72. The Bertz CT molecular complexity index is 728. The summed E-state index contributed by atoms with van der Waals surface area (Å²) in [6.07, 6.45) is 3.61. The highest BCUT2D eigenvalue weighted by Crippen LogP contribution is 2.25. The van der Waals surface area contributed by atoms with Crippen LogP contribution in [0.3, 0.4) is 0 Å². The van der Waals surface area contributed by atoms with Gasteiger partial charge in [-0.2, -0.15) is 10.2 Å². The van der Waals surface area contributed by atoms with Crippen molar-refractivity contribution in [2.75, 3.05) is 0 Å². The van der Waals surface area contributed by atoms with Crippen molar-refractivity contribution in [3.8, 4) is 5.69 Å². The summed E-state index contributed by atoms with van der Waals surface area (Å²) in [5.74, 6) is 5.79. The van der Waals surface area contributed by atoms with E-state index >= 15 is 0 Å². The fraction of sp³-hybridized carbons (Fsp3) is 0.200. The van der Waals surface area contributed by atoms with Crippen LogP contribution in [0.4, 0.5) is 0 Å². The van der Waals surface area contributed by atoms with Crippen molar-refractivity contribution in [1.82, 2.24) is 25.0 Å². The number of rotatable bonds is 4. The minimum absolute atomic E-state index is 0.165. The van der Waals surface area contributed by atoms with Crippen molar-refractivity contribution in [3.63, 3.8) is 0 Å². The molecule has 1 aromatic carbocycles. The van der Waals surface area contributed by atoms with Crippen LogP contribution in [0.15, 0.2) is 48.8 Å². The van der Waals surface area contributed by atoms with Crippen LogP contribution >= 0.6 is 0 Å². The molecule has 3 N–H and O–H groups in total. The van der Waals surface area contributed by atoms with Crippen molar-refractivity contribution >= 4 is 0 Å². The molecule has 1 unspecified atom stereocenters. The van der Waals surface area contributed by atoms with E-state index < -0.39 is 0 Å². The van der Waals surface area contributed by atoms with Gasteiger partial charge in [0.1, 0.15) is 0 Å². The van der Waals surface area contributed by atoms with E-state index in [1.165, 1.54) is 0 Å². The Morgan fingerprint density at radius 3 is 2.52 bits per heavy atom. The smallest absolute Gasteiger partial charge is 0.0915 e. The minimum Gasteiger partial charge on any atom is -0.273 e. The Labute approximate surface area is 123 Å². The Morgan fingerprint density at radius 2 is 1.90 bits per heavy atom. The summed E-state index contributed by atoms with van der Waals surface area (Å²) >= 11 is 0. The number of hydrogen-bond acceptors (Lipinski definition) is 4. The third-order valence-corrected chi connectivity index (χ3v) is 3.72. The number of para-hydroxylation sites is 1. The van der Waals surface area contributed by atoms with E-state index in [0.29, 0.717) is 0 Å². The van der Waals surface area contributed by atoms with Crippen LogP contribution < -0.4 is 11.3 Å². The Hall–Kier alpha value is -2.44. The van der Waals surface area contributed by atoms with E-state index in [4.69, 9.17) is 5.84 Å². The molecule has 3 rings (SSSR count). The van der Waals surface area contributed by atoms with Crippen LogP contribution in [0.25, 0.3) is 5.69 Å². The first-order chi connectivity index (χ1) is 10.2. The van der Waals surface area contributed by atoms with Gasteiger partial charge >= 0.3 is 0 Å². The zero-order valence-electron chi connectivity index (χ0n) is 12.1. The standard InChI is InChI=1S/C15H18N6/c1-11-13(10-18-20(11)2)15(19-16)14-8-9-17-21(14)12-6-4-3-5-7-12/h3-10,15,19H,16H2,1-2H3. The number of aryl methyl sites for hydroxylation is 1. The molecule has 108 valence electrons. The molecule has 0 aliphatic heterocycles. The summed E-state index contributed by atoms with van der Waals surface area (Å²) in [6, 6.07) is 11.8. The average molecular weight is 282 g/mol. The van der Waals surface area contributed by atoms with Gasteiger partial charge in [0.05, 0.1) is 23.6 Å². The summed E-state index contributed by atoms with van der Waals surface area (Å²) in [4.78, 5) is 0. The quantitative estimate of drug-likeness (QED) is 0.561. The van der Waals surface area contributed by atoms with E-state index in [1.807, 2.05) is 65.9 Å². The first-order valence-electron chi connectivity index (χ1n) is 6.76. The highest BCUT2D eigenvalue weighted by Gasteiger charge is 2.21. The van der Waals surface area contributed by atoms with Crippen LogP contribution in [0, 0.1) is 6.92 Å². The van der Waals surface area contributed by atoms with Gasteiger partial charge in [-0.1, -0.05) is 18.2 Å². The molecule has 21 heavy (non-hydrogen) atoms. The molecule has 2 aromatic heterocycles. The second-order valence-electron chi connectivity index (χ2n) is 4.91. The van der Waals surface area contributed by atoms with Gasteiger partial charge in [-0.05, 0) is 25.1 Å². The molecule has 1 atom stereocenters. The van der Waals surface area contributed by atoms with E-state index in [-0.39, 0.29) is 6.04 Å². The lowest BCUT2D eigenvalue weighted by molar-refractivity contribution is 0.593. The molecule has 3 aromatic rings. The molecule has 0 spiro atoms. The Kier molecular flexibility index (Phi) is 3.55. The number of aromatic nitrogens is 4. The third kappa shape index (κ3) is 2.35. The maximum absolute atomic E-state index is 5.79. The Morgan fingerprint density at radius 1 is 1.14 bits per heavy atom. The zero-order chi connectivity index (χ0) is 14.8. The van der Waals surface area contributed by atoms with Crippen LogP contribution in [0.1, 0.15) is 23.0 Å². The van der Waals surface area contributed by atoms with Crippen molar-refractivity contribution in [2.24, 2.45) is 12.9 Å². The SMILES string of the molecule is Cc1c(C(NN)c2ccnn2-c2ccccc2)cnn1C. The van der Waals surface area contributed by atoms with Crippen molar-refractivity contribution in [1.29, 1.82) is 0 Å². The second kappa shape index (κ2) is 5.51. The molecular weight excluding hydrogens is 264 g/mol. The van der Waals surface area contributed by atoms with Crippen LogP contribution in [-0.2, 0) is 7.05 Å². The van der Waals surface area contributed by atoms with E-state index in [1.54, 1.807) is 6.20 Å². The van der Waals surface area contributed by atoms with Gasteiger partial charge in [-0.25, -0.2) is 10.1 Å². The number of nitrogens with two attached hydrogens (primary N) is 1. The first-order valence-corrected chi connectivity index (χ1v) is 6.76. The zero-order valence-corrected chi connectivity index (χ0v) is 12.1. The van der Waals surface area contributed by atoms with E-state index in [9.17, 15) is 0 Å². The summed E-state index contributed by atoms with van der Waals surface area (Å²) in [5.41, 5.74) is 6.95. The molecule has 0 saturated heterocycles. The van der Waals surface area contributed by atoms with Crippen molar-refractivity contribution in [3.05, 3.63) is 65.7 Å². The summed E-state index contributed by atoms with van der Waals surface area (Å²) in [6.45, 7) is 2.02. The second-order valence-corrected chi connectivity index (χ2v) is 4.91. The van der Waals surface area contributed by atoms with Gasteiger partial charge in [0.15, 0.2) is 0 Å². The Balaban J connectivity index is 2.07.